The third kappa shape index (κ3) is 2.18. The number of nitrogens with one attached hydrogen (secondary N) is 1. The first-order valence-electron chi connectivity index (χ1n) is 5.66. The van der Waals surface area contributed by atoms with E-state index in [2.05, 4.69) is 20.7 Å². The maximum Gasteiger partial charge on any atom is 0.307 e. The predicted molar refractivity (Wildman–Crippen MR) is 59.2 cm³/mol. The van der Waals surface area contributed by atoms with Crippen LogP contribution in [0.4, 0.5) is 0 Å². The van der Waals surface area contributed by atoms with Crippen molar-refractivity contribution in [1.29, 1.82) is 0 Å². The second kappa shape index (κ2) is 4.35. The summed E-state index contributed by atoms with van der Waals surface area (Å²) < 4.78 is 0. The number of hydrogen-bond donors (Lipinski definition) is 2. The van der Waals surface area contributed by atoms with E-state index >= 15 is 0 Å². The monoisotopic (exact) mass is 253 g/mol. The largest absolute Gasteiger partial charge is 0.481 e. The van der Waals surface area contributed by atoms with Gasteiger partial charge in [-0.25, -0.2) is 0 Å². The molecule has 1 saturated carbocycles. The van der Waals surface area contributed by atoms with Crippen molar-refractivity contribution in [3.05, 3.63) is 6.33 Å². The van der Waals surface area contributed by atoms with E-state index in [1.165, 1.54) is 11.1 Å². The number of nitrogens with zero attached hydrogens (tertiary/aromatic N) is 4. The van der Waals surface area contributed by atoms with E-state index in [4.69, 9.17) is 5.11 Å². The standard InChI is InChI=1S/C10H15N5O3/c1-10(2)6(7(10)9(17)18)8(16)11-3-4-15-13-5-12-14-15/h5-7H,3-4H2,1-2H3,(H,11,16)(H,17,18)/t6-,7+/m1/s1. The second-order valence-corrected chi connectivity index (χ2v) is 4.94. The molecule has 1 fully saturated rings. The van der Waals surface area contributed by atoms with Crippen molar-refractivity contribution in [1.82, 2.24) is 25.5 Å². The fraction of sp³-hybridized carbons (Fsp3) is 0.700. The highest BCUT2D eigenvalue weighted by Gasteiger charge is 2.65. The van der Waals surface area contributed by atoms with Crippen LogP contribution < -0.4 is 5.32 Å². The SMILES string of the molecule is CC1(C)[C@H](C(=O)O)[C@@H]1C(=O)NCCn1ncnn1. The van der Waals surface area contributed by atoms with Crippen LogP contribution in [0.15, 0.2) is 6.33 Å². The lowest BCUT2D eigenvalue weighted by atomic mass is 10.1. The number of carboxylic acid groups (broad SMARTS) is 1. The Morgan fingerprint density at radius 2 is 2.17 bits per heavy atom. The fourth-order valence-corrected chi connectivity index (χ4v) is 2.27. The number of aliphatic carboxylic acids is 1. The molecular formula is C10H15N5O3. The Kier molecular flexibility index (Phi) is 3.02. The van der Waals surface area contributed by atoms with Gasteiger partial charge in [0.1, 0.15) is 0 Å². The van der Waals surface area contributed by atoms with E-state index in [-0.39, 0.29) is 5.91 Å². The summed E-state index contributed by atoms with van der Waals surface area (Å²) in [5, 5.41) is 22.7. The van der Waals surface area contributed by atoms with E-state index in [0.717, 1.165) is 0 Å². The molecule has 0 aliphatic heterocycles. The van der Waals surface area contributed by atoms with Gasteiger partial charge < -0.3 is 10.4 Å². The minimum absolute atomic E-state index is 0.229. The van der Waals surface area contributed by atoms with Gasteiger partial charge in [0.2, 0.25) is 5.91 Å². The summed E-state index contributed by atoms with van der Waals surface area (Å²) in [5.74, 6) is -2.20. The van der Waals surface area contributed by atoms with E-state index in [9.17, 15) is 9.59 Å². The smallest absolute Gasteiger partial charge is 0.307 e. The van der Waals surface area contributed by atoms with Crippen molar-refractivity contribution < 1.29 is 14.7 Å². The van der Waals surface area contributed by atoms with E-state index in [0.29, 0.717) is 13.1 Å². The Bertz CT molecular complexity index is 456. The molecule has 0 saturated heterocycles. The number of amides is 1. The molecule has 1 aliphatic rings. The van der Waals surface area contributed by atoms with Gasteiger partial charge in [0.05, 0.1) is 18.4 Å². The Morgan fingerprint density at radius 1 is 1.44 bits per heavy atom. The highest BCUT2D eigenvalue weighted by molar-refractivity contribution is 5.91. The topological polar surface area (TPSA) is 110 Å². The van der Waals surface area contributed by atoms with Crippen LogP contribution in [0.5, 0.6) is 0 Å². The molecule has 1 heterocycles. The van der Waals surface area contributed by atoms with Crippen LogP contribution in [-0.2, 0) is 16.1 Å². The summed E-state index contributed by atoms with van der Waals surface area (Å²) in [7, 11) is 0. The van der Waals surface area contributed by atoms with Crippen LogP contribution in [0.1, 0.15) is 13.8 Å². The molecule has 8 heteroatoms. The summed E-state index contributed by atoms with van der Waals surface area (Å²) in [4.78, 5) is 24.1. The molecule has 0 aromatic carbocycles. The van der Waals surface area contributed by atoms with Gasteiger partial charge in [-0.15, -0.1) is 10.2 Å². The third-order valence-corrected chi connectivity index (χ3v) is 3.38. The zero-order valence-corrected chi connectivity index (χ0v) is 10.2. The van der Waals surface area contributed by atoms with Crippen LogP contribution in [0.3, 0.4) is 0 Å². The molecule has 0 radical (unpaired) electrons. The molecule has 0 unspecified atom stereocenters. The van der Waals surface area contributed by atoms with Crippen LogP contribution in [-0.4, -0.2) is 43.7 Å². The van der Waals surface area contributed by atoms with Gasteiger partial charge in [0.15, 0.2) is 6.33 Å². The Hall–Kier alpha value is -1.99. The molecule has 1 amide bonds. The molecular weight excluding hydrogens is 238 g/mol. The average molecular weight is 253 g/mol. The molecule has 1 aromatic rings. The molecule has 8 nitrogen and oxygen atoms in total. The Labute approximate surface area is 103 Å². The minimum atomic E-state index is -0.918. The average Bonchev–Trinajstić information content (AvgIpc) is 2.65. The van der Waals surface area contributed by atoms with Gasteiger partial charge in [0.25, 0.3) is 0 Å². The number of carbonyl (C=O) groups is 2. The van der Waals surface area contributed by atoms with Crippen molar-refractivity contribution in [3.63, 3.8) is 0 Å². The Morgan fingerprint density at radius 3 is 2.67 bits per heavy atom. The summed E-state index contributed by atoms with van der Waals surface area (Å²) in [6.45, 7) is 4.34. The lowest BCUT2D eigenvalue weighted by Gasteiger charge is -2.05. The molecule has 2 rings (SSSR count). The van der Waals surface area contributed by atoms with Gasteiger partial charge in [-0.05, 0) is 10.6 Å². The maximum absolute atomic E-state index is 11.8. The third-order valence-electron chi connectivity index (χ3n) is 3.38. The van der Waals surface area contributed by atoms with E-state index < -0.39 is 23.2 Å². The first-order chi connectivity index (χ1) is 8.44. The van der Waals surface area contributed by atoms with Crippen molar-refractivity contribution in [3.8, 4) is 0 Å². The van der Waals surface area contributed by atoms with Crippen molar-refractivity contribution in [2.24, 2.45) is 17.3 Å². The fourth-order valence-electron chi connectivity index (χ4n) is 2.27. The van der Waals surface area contributed by atoms with E-state index in [1.54, 1.807) is 13.8 Å². The van der Waals surface area contributed by atoms with E-state index in [1.807, 2.05) is 0 Å². The Balaban J connectivity index is 1.81. The lowest BCUT2D eigenvalue weighted by Crippen LogP contribution is -2.30. The number of rotatable bonds is 5. The molecule has 18 heavy (non-hydrogen) atoms. The molecule has 1 aromatic heterocycles. The first-order valence-corrected chi connectivity index (χ1v) is 5.66. The molecule has 2 atom stereocenters. The quantitative estimate of drug-likeness (QED) is 0.707. The van der Waals surface area contributed by atoms with Crippen LogP contribution >= 0.6 is 0 Å². The summed E-state index contributed by atoms with van der Waals surface area (Å²) >= 11 is 0. The highest BCUT2D eigenvalue weighted by Crippen LogP contribution is 2.58. The van der Waals surface area contributed by atoms with Crippen LogP contribution in [0, 0.1) is 17.3 Å². The summed E-state index contributed by atoms with van der Waals surface area (Å²) in [6, 6.07) is 0. The molecule has 0 spiro atoms. The molecule has 98 valence electrons. The van der Waals surface area contributed by atoms with Crippen LogP contribution in [0.2, 0.25) is 0 Å². The van der Waals surface area contributed by atoms with Crippen LogP contribution in [0.25, 0.3) is 0 Å². The maximum atomic E-state index is 11.8. The molecule has 2 N–H and O–H groups in total. The predicted octanol–water partition coefficient (Wildman–Crippen LogP) is -0.854. The van der Waals surface area contributed by atoms with Gasteiger partial charge in [-0.2, -0.15) is 4.80 Å². The summed E-state index contributed by atoms with van der Waals surface area (Å²) in [6.07, 6.45) is 1.31. The number of carboxylic acids is 1. The zero-order chi connectivity index (χ0) is 13.3. The second-order valence-electron chi connectivity index (χ2n) is 4.94. The lowest BCUT2D eigenvalue weighted by molar-refractivity contribution is -0.140. The van der Waals surface area contributed by atoms with Crippen molar-refractivity contribution in [2.75, 3.05) is 6.54 Å². The molecule has 0 bridgehead atoms. The van der Waals surface area contributed by atoms with Crippen molar-refractivity contribution in [2.45, 2.75) is 20.4 Å². The van der Waals surface area contributed by atoms with Gasteiger partial charge in [-0.1, -0.05) is 13.8 Å². The minimum Gasteiger partial charge on any atom is -0.481 e. The van der Waals surface area contributed by atoms with Crippen molar-refractivity contribution >= 4 is 11.9 Å². The molecule has 1 aliphatic carbocycles. The normalized spacial score (nSPS) is 24.6. The van der Waals surface area contributed by atoms with Gasteiger partial charge in [0, 0.05) is 6.54 Å². The zero-order valence-electron chi connectivity index (χ0n) is 10.2. The number of tetrazole rings is 1. The number of carbonyl (C=O) groups excluding carboxylic acids is 1. The number of aromatic nitrogens is 4. The van der Waals surface area contributed by atoms with Gasteiger partial charge >= 0.3 is 5.97 Å². The number of hydrogen-bond acceptors (Lipinski definition) is 5. The van der Waals surface area contributed by atoms with Gasteiger partial charge in [-0.3, -0.25) is 9.59 Å². The first kappa shape index (κ1) is 12.5. The summed E-state index contributed by atoms with van der Waals surface area (Å²) in [5.41, 5.74) is -0.471. The highest BCUT2D eigenvalue weighted by atomic mass is 16.4.